The van der Waals surface area contributed by atoms with E-state index in [1.54, 1.807) is 26.0 Å². The van der Waals surface area contributed by atoms with E-state index >= 15 is 0 Å². The Morgan fingerprint density at radius 1 is 1.28 bits per heavy atom. The van der Waals surface area contributed by atoms with E-state index < -0.39 is 4.92 Å². The van der Waals surface area contributed by atoms with E-state index in [4.69, 9.17) is 0 Å². The molecule has 6 nitrogen and oxygen atoms in total. The summed E-state index contributed by atoms with van der Waals surface area (Å²) in [6.07, 6.45) is 0. The smallest absolute Gasteiger partial charge is 0.333 e. The van der Waals surface area contributed by atoms with Gasteiger partial charge in [0.1, 0.15) is 5.69 Å². The molecule has 0 aliphatic heterocycles. The molecule has 6 heteroatoms. The quantitative estimate of drug-likeness (QED) is 0.350. The summed E-state index contributed by atoms with van der Waals surface area (Å²) in [6, 6.07) is 7.54. The summed E-state index contributed by atoms with van der Waals surface area (Å²) in [7, 11) is 0. The van der Waals surface area contributed by atoms with Crippen LogP contribution in [-0.4, -0.2) is 9.91 Å². The van der Waals surface area contributed by atoms with Gasteiger partial charge in [0.2, 0.25) is 0 Å². The zero-order valence-corrected chi connectivity index (χ0v) is 9.95. The summed E-state index contributed by atoms with van der Waals surface area (Å²) < 4.78 is 0.673. The van der Waals surface area contributed by atoms with Gasteiger partial charge in [-0.3, -0.25) is 10.1 Å². The van der Waals surface area contributed by atoms with Crippen LogP contribution < -0.4 is 4.73 Å². The molecule has 1 aromatic carbocycles. The molecule has 0 fully saturated rings. The van der Waals surface area contributed by atoms with Gasteiger partial charge in [-0.25, -0.2) is 4.73 Å². The van der Waals surface area contributed by atoms with Gasteiger partial charge < -0.3 is 5.21 Å². The molecule has 2 rings (SSSR count). The fourth-order valence-corrected chi connectivity index (χ4v) is 1.71. The maximum Gasteiger partial charge on any atom is 0.333 e. The Kier molecular flexibility index (Phi) is 2.93. The van der Waals surface area contributed by atoms with Crippen molar-refractivity contribution in [1.29, 1.82) is 0 Å². The summed E-state index contributed by atoms with van der Waals surface area (Å²) in [5.41, 5.74) is 1.57. The predicted molar refractivity (Wildman–Crippen MR) is 64.8 cm³/mol. The summed E-state index contributed by atoms with van der Waals surface area (Å²) in [5.74, 6) is 0.177. The number of nitro benzene ring substituents is 1. The first-order chi connectivity index (χ1) is 8.49. The van der Waals surface area contributed by atoms with E-state index in [2.05, 4.69) is 4.98 Å². The lowest BCUT2D eigenvalue weighted by Gasteiger charge is -2.09. The number of aryl methyl sites for hydroxylation is 2. The molecule has 0 N–H and O–H groups in total. The van der Waals surface area contributed by atoms with E-state index in [0.29, 0.717) is 21.7 Å². The molecule has 1 aromatic heterocycles. The number of rotatable bonds is 2. The minimum atomic E-state index is -0.499. The summed E-state index contributed by atoms with van der Waals surface area (Å²) >= 11 is 0. The highest BCUT2D eigenvalue weighted by Crippen LogP contribution is 2.20. The second kappa shape index (κ2) is 4.40. The maximum atomic E-state index is 11.9. The maximum absolute atomic E-state index is 11.9. The van der Waals surface area contributed by atoms with Crippen LogP contribution >= 0.6 is 0 Å². The van der Waals surface area contributed by atoms with Crippen LogP contribution in [0.4, 0.5) is 5.69 Å². The third-order valence-corrected chi connectivity index (χ3v) is 2.53. The molecular weight excluding hydrogens is 234 g/mol. The highest BCUT2D eigenvalue weighted by molar-refractivity contribution is 5.57. The van der Waals surface area contributed by atoms with Crippen LogP contribution in [0.2, 0.25) is 0 Å². The first-order valence-electron chi connectivity index (χ1n) is 5.31. The van der Waals surface area contributed by atoms with Crippen molar-refractivity contribution in [2.75, 3.05) is 0 Å². The zero-order chi connectivity index (χ0) is 13.3. The summed E-state index contributed by atoms with van der Waals surface area (Å²) in [4.78, 5) is 14.3. The molecular formula is C12H11N3O3. The van der Waals surface area contributed by atoms with Gasteiger partial charge in [-0.05, 0) is 18.0 Å². The van der Waals surface area contributed by atoms with Gasteiger partial charge in [-0.2, -0.15) is 0 Å². The molecule has 2 aromatic rings. The molecule has 18 heavy (non-hydrogen) atoms. The summed E-state index contributed by atoms with van der Waals surface area (Å²) in [5, 5.41) is 22.6. The van der Waals surface area contributed by atoms with Crippen LogP contribution in [0.3, 0.4) is 0 Å². The lowest BCUT2D eigenvalue weighted by atomic mass is 10.2. The van der Waals surface area contributed by atoms with Crippen molar-refractivity contribution in [2.24, 2.45) is 0 Å². The van der Waals surface area contributed by atoms with Crippen LogP contribution in [0.5, 0.6) is 0 Å². The Hall–Kier alpha value is -2.50. The third-order valence-electron chi connectivity index (χ3n) is 2.53. The van der Waals surface area contributed by atoms with Crippen LogP contribution in [0.1, 0.15) is 11.4 Å². The Labute approximate surface area is 103 Å². The molecule has 1 heterocycles. The normalized spacial score (nSPS) is 10.3. The first-order valence-corrected chi connectivity index (χ1v) is 5.31. The number of hydrogen-bond acceptors (Lipinski definition) is 4. The van der Waals surface area contributed by atoms with Gasteiger partial charge in [-0.15, -0.1) is 0 Å². The number of aromatic nitrogens is 2. The van der Waals surface area contributed by atoms with Gasteiger partial charge in [0.15, 0.2) is 5.69 Å². The number of hydrogen-bond donors (Lipinski definition) is 0. The van der Waals surface area contributed by atoms with E-state index in [9.17, 15) is 15.3 Å². The van der Waals surface area contributed by atoms with Crippen molar-refractivity contribution in [3.63, 3.8) is 0 Å². The fourth-order valence-electron chi connectivity index (χ4n) is 1.71. The summed E-state index contributed by atoms with van der Waals surface area (Å²) in [6.45, 7) is 3.44. The van der Waals surface area contributed by atoms with E-state index in [-0.39, 0.29) is 11.5 Å². The second-order valence-electron chi connectivity index (χ2n) is 3.96. The van der Waals surface area contributed by atoms with Gasteiger partial charge in [0, 0.05) is 25.1 Å². The Morgan fingerprint density at radius 2 is 2.00 bits per heavy atom. The molecule has 0 saturated heterocycles. The van der Waals surface area contributed by atoms with Crippen LogP contribution in [-0.2, 0) is 0 Å². The first kappa shape index (κ1) is 12.0. The van der Waals surface area contributed by atoms with Gasteiger partial charge in [0.05, 0.1) is 10.5 Å². The number of non-ortho nitro benzene ring substituents is 1. The van der Waals surface area contributed by atoms with Crippen molar-refractivity contribution in [3.8, 4) is 11.4 Å². The average Bonchev–Trinajstić information content (AvgIpc) is 2.34. The van der Waals surface area contributed by atoms with Gasteiger partial charge in [0.25, 0.3) is 5.69 Å². The van der Waals surface area contributed by atoms with Gasteiger partial charge in [-0.1, -0.05) is 6.07 Å². The second-order valence-corrected chi connectivity index (χ2v) is 3.96. The third kappa shape index (κ3) is 2.13. The van der Waals surface area contributed by atoms with Crippen LogP contribution in [0.25, 0.3) is 11.4 Å². The fraction of sp³-hybridized carbons (Fsp3) is 0.167. The van der Waals surface area contributed by atoms with Crippen molar-refractivity contribution in [2.45, 2.75) is 13.8 Å². The largest absolute Gasteiger partial charge is 0.710 e. The standard InChI is InChI=1S/C12H11N3O3/c1-8-6-9(2)14(16)12(13-8)10-4-3-5-11(7-10)15(17)18/h3-7H,1-2H3. The lowest BCUT2D eigenvalue weighted by molar-refractivity contribution is -0.603. The number of benzene rings is 1. The highest BCUT2D eigenvalue weighted by atomic mass is 16.6. The minimum absolute atomic E-state index is 0.0616. The topological polar surface area (TPSA) is 83.0 Å². The van der Waals surface area contributed by atoms with Crippen molar-refractivity contribution >= 4 is 5.69 Å². The van der Waals surface area contributed by atoms with Gasteiger partial charge >= 0.3 is 5.82 Å². The molecule has 0 aliphatic carbocycles. The Bertz CT molecular complexity index is 626. The van der Waals surface area contributed by atoms with Crippen molar-refractivity contribution < 1.29 is 9.65 Å². The van der Waals surface area contributed by atoms with Crippen molar-refractivity contribution in [3.05, 3.63) is 57.0 Å². The lowest BCUT2D eigenvalue weighted by Crippen LogP contribution is -2.34. The SMILES string of the molecule is Cc1cc(C)[n+]([O-])c(-c2cccc([N+](=O)[O-])c2)n1. The molecule has 0 amide bonds. The van der Waals surface area contributed by atoms with Crippen LogP contribution in [0.15, 0.2) is 30.3 Å². The molecule has 92 valence electrons. The van der Waals surface area contributed by atoms with E-state index in [1.807, 2.05) is 0 Å². The molecule has 0 spiro atoms. The Morgan fingerprint density at radius 3 is 2.67 bits per heavy atom. The molecule has 0 saturated carbocycles. The molecule has 0 unspecified atom stereocenters. The molecule has 0 atom stereocenters. The molecule has 0 aliphatic rings. The monoisotopic (exact) mass is 245 g/mol. The van der Waals surface area contributed by atoms with E-state index in [1.165, 1.54) is 18.2 Å². The number of nitrogens with zero attached hydrogens (tertiary/aromatic N) is 3. The van der Waals surface area contributed by atoms with E-state index in [0.717, 1.165) is 0 Å². The molecule has 0 radical (unpaired) electrons. The predicted octanol–water partition coefficient (Wildman–Crippen LogP) is 1.91. The van der Waals surface area contributed by atoms with Crippen molar-refractivity contribution in [1.82, 2.24) is 4.98 Å². The Balaban J connectivity index is 2.62. The molecule has 0 bridgehead atoms. The van der Waals surface area contributed by atoms with Crippen LogP contribution in [0, 0.1) is 29.2 Å². The average molecular weight is 245 g/mol. The minimum Gasteiger partial charge on any atom is -0.710 e. The number of nitro groups is 1. The highest BCUT2D eigenvalue weighted by Gasteiger charge is 2.17. The zero-order valence-electron chi connectivity index (χ0n) is 9.95.